The van der Waals surface area contributed by atoms with Gasteiger partial charge in [0.1, 0.15) is 12.1 Å². The fourth-order valence-corrected chi connectivity index (χ4v) is 3.89. The van der Waals surface area contributed by atoms with Gasteiger partial charge < -0.3 is 15.3 Å². The molecule has 1 saturated carbocycles. The molecule has 2 N–H and O–H groups in total. The Hall–Kier alpha value is -2.37. The van der Waals surface area contributed by atoms with Gasteiger partial charge >= 0.3 is 5.97 Å². The summed E-state index contributed by atoms with van der Waals surface area (Å²) >= 11 is 0. The zero-order chi connectivity index (χ0) is 18.0. The van der Waals surface area contributed by atoms with Gasteiger partial charge in [-0.1, -0.05) is 31.5 Å². The highest BCUT2D eigenvalue weighted by Gasteiger charge is 2.43. The second kappa shape index (κ2) is 6.86. The van der Waals surface area contributed by atoms with Crippen molar-refractivity contribution < 1.29 is 19.5 Å². The van der Waals surface area contributed by atoms with E-state index in [9.17, 15) is 19.5 Å². The number of carboxylic acids is 1. The highest BCUT2D eigenvalue weighted by molar-refractivity contribution is 6.00. The summed E-state index contributed by atoms with van der Waals surface area (Å²) in [7, 11) is 0. The molecule has 2 amide bonds. The molecule has 0 radical (unpaired) electrons. The Morgan fingerprint density at radius 1 is 1.28 bits per heavy atom. The fourth-order valence-electron chi connectivity index (χ4n) is 3.89. The minimum absolute atomic E-state index is 0.111. The number of hydrogen-bond donors (Lipinski definition) is 2. The van der Waals surface area contributed by atoms with Crippen molar-refractivity contribution in [2.45, 2.75) is 51.1 Å². The minimum Gasteiger partial charge on any atom is -0.480 e. The number of amides is 2. The second-order valence-corrected chi connectivity index (χ2v) is 7.11. The zero-order valence-corrected chi connectivity index (χ0v) is 14.5. The van der Waals surface area contributed by atoms with Crippen LogP contribution in [0.25, 0.3) is 0 Å². The molecular formula is C19H24N2O4. The second-order valence-electron chi connectivity index (χ2n) is 7.11. The van der Waals surface area contributed by atoms with Gasteiger partial charge in [0, 0.05) is 12.1 Å². The first-order valence-corrected chi connectivity index (χ1v) is 8.87. The van der Waals surface area contributed by atoms with Crippen LogP contribution >= 0.6 is 0 Å². The van der Waals surface area contributed by atoms with Crippen molar-refractivity contribution in [2.24, 2.45) is 5.92 Å². The number of benzene rings is 1. The predicted molar refractivity (Wildman–Crippen MR) is 91.9 cm³/mol. The van der Waals surface area contributed by atoms with Crippen molar-refractivity contribution in [3.8, 4) is 0 Å². The maximum absolute atomic E-state index is 12.5. The standard InChI is InChI=1S/C19H24N2O4/c1-2-13-7-9-19(10-8-13,18(24)25)20-16(22)12-21-11-14-5-3-4-6-15(14)17(21)23/h3-6,13H,2,7-12H2,1H3,(H,20,22)(H,24,25). The normalized spacial score (nSPS) is 25.6. The zero-order valence-electron chi connectivity index (χ0n) is 14.5. The molecule has 1 aliphatic carbocycles. The number of fused-ring (bicyclic) bond motifs is 1. The van der Waals surface area contributed by atoms with Gasteiger partial charge in [-0.05, 0) is 43.2 Å². The molecule has 0 spiro atoms. The van der Waals surface area contributed by atoms with Crippen molar-refractivity contribution in [1.29, 1.82) is 0 Å². The van der Waals surface area contributed by atoms with Crippen LogP contribution in [0.15, 0.2) is 24.3 Å². The maximum atomic E-state index is 12.5. The molecule has 6 heteroatoms. The molecule has 0 unspecified atom stereocenters. The first kappa shape index (κ1) is 17.5. The molecule has 1 heterocycles. The van der Waals surface area contributed by atoms with Crippen molar-refractivity contribution in [3.05, 3.63) is 35.4 Å². The van der Waals surface area contributed by atoms with E-state index in [1.807, 2.05) is 12.1 Å². The minimum atomic E-state index is -1.20. The Labute approximate surface area is 147 Å². The van der Waals surface area contributed by atoms with E-state index in [1.165, 1.54) is 4.90 Å². The number of carbonyl (C=O) groups is 3. The summed E-state index contributed by atoms with van der Waals surface area (Å²) in [5.41, 5.74) is 0.321. The summed E-state index contributed by atoms with van der Waals surface area (Å²) in [5.74, 6) is -1.03. The number of carboxylic acid groups (broad SMARTS) is 1. The first-order valence-electron chi connectivity index (χ1n) is 8.87. The summed E-state index contributed by atoms with van der Waals surface area (Å²) in [4.78, 5) is 38.1. The summed E-state index contributed by atoms with van der Waals surface area (Å²) in [6.07, 6.45) is 3.53. The largest absolute Gasteiger partial charge is 0.480 e. The highest BCUT2D eigenvalue weighted by Crippen LogP contribution is 2.34. The van der Waals surface area contributed by atoms with Crippen molar-refractivity contribution in [1.82, 2.24) is 10.2 Å². The van der Waals surface area contributed by atoms with E-state index in [0.717, 1.165) is 24.8 Å². The fraction of sp³-hybridized carbons (Fsp3) is 0.526. The lowest BCUT2D eigenvalue weighted by atomic mass is 9.75. The molecule has 0 aromatic heterocycles. The van der Waals surface area contributed by atoms with E-state index in [1.54, 1.807) is 12.1 Å². The van der Waals surface area contributed by atoms with Crippen molar-refractivity contribution >= 4 is 17.8 Å². The lowest BCUT2D eigenvalue weighted by Crippen LogP contribution is -2.58. The molecule has 1 aliphatic heterocycles. The van der Waals surface area contributed by atoms with Crippen LogP contribution in [0, 0.1) is 5.92 Å². The lowest BCUT2D eigenvalue weighted by molar-refractivity contribution is -0.149. The molecule has 0 atom stereocenters. The van der Waals surface area contributed by atoms with E-state index in [-0.39, 0.29) is 12.5 Å². The third-order valence-corrected chi connectivity index (χ3v) is 5.55. The van der Waals surface area contributed by atoms with Crippen molar-refractivity contribution in [3.63, 3.8) is 0 Å². The average Bonchev–Trinajstić information content (AvgIpc) is 2.91. The van der Waals surface area contributed by atoms with Crippen LogP contribution in [-0.2, 0) is 16.1 Å². The van der Waals surface area contributed by atoms with E-state index >= 15 is 0 Å². The highest BCUT2D eigenvalue weighted by atomic mass is 16.4. The van der Waals surface area contributed by atoms with Crippen LogP contribution in [0.1, 0.15) is 54.9 Å². The number of nitrogens with zero attached hydrogens (tertiary/aromatic N) is 1. The molecular weight excluding hydrogens is 320 g/mol. The summed E-state index contributed by atoms with van der Waals surface area (Å²) in [5, 5.41) is 12.4. The quantitative estimate of drug-likeness (QED) is 0.857. The SMILES string of the molecule is CCC1CCC(NC(=O)CN2Cc3ccccc3C2=O)(C(=O)O)CC1. The molecule has 134 valence electrons. The Morgan fingerprint density at radius 2 is 1.96 bits per heavy atom. The van der Waals surface area contributed by atoms with Gasteiger partial charge in [0.25, 0.3) is 5.91 Å². The van der Waals surface area contributed by atoms with Crippen LogP contribution in [0.2, 0.25) is 0 Å². The molecule has 25 heavy (non-hydrogen) atoms. The maximum Gasteiger partial charge on any atom is 0.329 e. The van der Waals surface area contributed by atoms with Gasteiger partial charge in [-0.15, -0.1) is 0 Å². The van der Waals surface area contributed by atoms with E-state index < -0.39 is 17.4 Å². The number of hydrogen-bond acceptors (Lipinski definition) is 3. The smallest absolute Gasteiger partial charge is 0.329 e. The average molecular weight is 344 g/mol. The summed E-state index contributed by atoms with van der Waals surface area (Å²) < 4.78 is 0. The van der Waals surface area contributed by atoms with Gasteiger partial charge in [-0.25, -0.2) is 4.79 Å². The number of nitrogens with one attached hydrogen (secondary N) is 1. The lowest BCUT2D eigenvalue weighted by Gasteiger charge is -2.37. The number of aliphatic carboxylic acids is 1. The molecule has 6 nitrogen and oxygen atoms in total. The van der Waals surface area contributed by atoms with Gasteiger partial charge in [-0.2, -0.15) is 0 Å². The monoisotopic (exact) mass is 344 g/mol. The van der Waals surface area contributed by atoms with Crippen LogP contribution < -0.4 is 5.32 Å². The third-order valence-electron chi connectivity index (χ3n) is 5.55. The molecule has 1 fully saturated rings. The van der Waals surface area contributed by atoms with E-state index in [2.05, 4.69) is 12.2 Å². The molecule has 0 saturated heterocycles. The van der Waals surface area contributed by atoms with Crippen LogP contribution in [0.4, 0.5) is 0 Å². The molecule has 3 rings (SSSR count). The molecule has 0 bridgehead atoms. The number of rotatable bonds is 5. The number of carbonyl (C=O) groups excluding carboxylic acids is 2. The topological polar surface area (TPSA) is 86.7 Å². The third kappa shape index (κ3) is 3.38. The summed E-state index contributed by atoms with van der Waals surface area (Å²) in [6.45, 7) is 2.38. The summed E-state index contributed by atoms with van der Waals surface area (Å²) in [6, 6.07) is 7.28. The Kier molecular flexibility index (Phi) is 4.79. The Morgan fingerprint density at radius 3 is 2.56 bits per heavy atom. The molecule has 1 aromatic rings. The van der Waals surface area contributed by atoms with Gasteiger partial charge in [0.15, 0.2) is 0 Å². The van der Waals surface area contributed by atoms with Crippen molar-refractivity contribution in [2.75, 3.05) is 6.54 Å². The Bertz CT molecular complexity index is 692. The van der Waals surface area contributed by atoms with Crippen LogP contribution in [0.5, 0.6) is 0 Å². The van der Waals surface area contributed by atoms with Crippen LogP contribution in [-0.4, -0.2) is 39.9 Å². The molecule has 2 aliphatic rings. The van der Waals surface area contributed by atoms with E-state index in [4.69, 9.17) is 0 Å². The Balaban J connectivity index is 1.64. The van der Waals surface area contributed by atoms with Gasteiger partial charge in [-0.3, -0.25) is 9.59 Å². The molecule has 1 aromatic carbocycles. The predicted octanol–water partition coefficient (Wildman–Crippen LogP) is 2.18. The van der Waals surface area contributed by atoms with Gasteiger partial charge in [0.2, 0.25) is 5.91 Å². The van der Waals surface area contributed by atoms with Gasteiger partial charge in [0.05, 0.1) is 0 Å². The van der Waals surface area contributed by atoms with Crippen LogP contribution in [0.3, 0.4) is 0 Å². The van der Waals surface area contributed by atoms with E-state index in [0.29, 0.717) is 30.9 Å². The first-order chi connectivity index (χ1) is 11.9.